The molecule has 3 heterocycles. The predicted octanol–water partition coefficient (Wildman–Crippen LogP) is 3.94. The number of nitrogens with one attached hydrogen (secondary N) is 2. The lowest BCUT2D eigenvalue weighted by atomic mass is 9.82. The maximum absolute atomic E-state index is 13.1. The van der Waals surface area contributed by atoms with Crippen molar-refractivity contribution in [2.24, 2.45) is 5.41 Å². The fourth-order valence-corrected chi connectivity index (χ4v) is 6.27. The Bertz CT molecular complexity index is 1380. The Labute approximate surface area is 219 Å². The number of phenols is 1. The number of phenolic OH excluding ortho intramolecular Hbond substituents is 1. The minimum atomic E-state index is -3.89. The van der Waals surface area contributed by atoms with Crippen LogP contribution in [0.4, 0.5) is 17.3 Å². The summed E-state index contributed by atoms with van der Waals surface area (Å²) in [5.74, 6) is 1.86. The van der Waals surface area contributed by atoms with Gasteiger partial charge in [0.15, 0.2) is 28.9 Å². The van der Waals surface area contributed by atoms with Crippen LogP contribution in [0.2, 0.25) is 0 Å². The lowest BCUT2D eigenvalue weighted by Crippen LogP contribution is -2.40. The molecule has 37 heavy (non-hydrogen) atoms. The summed E-state index contributed by atoms with van der Waals surface area (Å²) >= 11 is 1.00. The highest BCUT2D eigenvalue weighted by molar-refractivity contribution is 7.89. The lowest BCUT2D eigenvalue weighted by Gasteiger charge is -2.32. The van der Waals surface area contributed by atoms with Crippen LogP contribution in [-0.2, 0) is 14.8 Å². The maximum Gasteiger partial charge on any atom is 0.246 e. The third kappa shape index (κ3) is 5.17. The molecular weight excluding hydrogens is 518 g/mol. The van der Waals surface area contributed by atoms with Crippen molar-refractivity contribution in [1.82, 2.24) is 13.1 Å². The number of morpholine rings is 1. The molecule has 1 aromatic heterocycles. The molecule has 2 aliphatic rings. The molecule has 198 valence electrons. The third-order valence-corrected chi connectivity index (χ3v) is 8.66. The van der Waals surface area contributed by atoms with E-state index in [4.69, 9.17) is 14.2 Å². The van der Waals surface area contributed by atoms with Crippen molar-refractivity contribution in [3.8, 4) is 17.2 Å². The van der Waals surface area contributed by atoms with Crippen molar-refractivity contribution in [2.45, 2.75) is 31.7 Å². The molecule has 1 atom stereocenters. The molecule has 0 unspecified atom stereocenters. The summed E-state index contributed by atoms with van der Waals surface area (Å²) in [6, 6.07) is 10.2. The summed E-state index contributed by atoms with van der Waals surface area (Å²) < 4.78 is 52.6. The molecule has 11 nitrogen and oxygen atoms in total. The molecule has 2 aliphatic heterocycles. The second kappa shape index (κ2) is 9.97. The predicted molar refractivity (Wildman–Crippen MR) is 139 cm³/mol. The van der Waals surface area contributed by atoms with Crippen LogP contribution in [0.3, 0.4) is 0 Å². The minimum Gasteiger partial charge on any atom is -0.504 e. The zero-order valence-corrected chi connectivity index (χ0v) is 22.4. The molecule has 0 spiro atoms. The van der Waals surface area contributed by atoms with Crippen LogP contribution in [-0.4, -0.2) is 59.7 Å². The first-order valence-corrected chi connectivity index (χ1v) is 14.0. The smallest absolute Gasteiger partial charge is 0.246 e. The summed E-state index contributed by atoms with van der Waals surface area (Å²) in [5, 5.41) is 17.5. The van der Waals surface area contributed by atoms with Gasteiger partial charge in [-0.2, -0.15) is 13.1 Å². The van der Waals surface area contributed by atoms with Crippen LogP contribution < -0.4 is 20.1 Å². The Kier molecular flexibility index (Phi) is 6.88. The molecule has 13 heteroatoms. The fourth-order valence-electron chi connectivity index (χ4n) is 4.28. The van der Waals surface area contributed by atoms with Gasteiger partial charge in [0, 0.05) is 13.1 Å². The molecular formula is C24H29N5O6S2. The Morgan fingerprint density at radius 3 is 2.54 bits per heavy atom. The van der Waals surface area contributed by atoms with Gasteiger partial charge in [-0.15, -0.1) is 0 Å². The first-order chi connectivity index (χ1) is 17.6. The number of hydrogen-bond donors (Lipinski definition) is 3. The van der Waals surface area contributed by atoms with Crippen molar-refractivity contribution < 1.29 is 27.7 Å². The number of aromatic hydroxyl groups is 1. The van der Waals surface area contributed by atoms with Crippen molar-refractivity contribution in [2.75, 3.05) is 43.7 Å². The van der Waals surface area contributed by atoms with E-state index in [1.54, 1.807) is 12.1 Å². The van der Waals surface area contributed by atoms with Gasteiger partial charge in [0.2, 0.25) is 16.8 Å². The number of fused-ring (bicyclic) bond motifs is 1. The molecule has 1 fully saturated rings. The highest BCUT2D eigenvalue weighted by Crippen LogP contribution is 2.42. The molecule has 0 radical (unpaired) electrons. The molecule has 5 rings (SSSR count). The average Bonchev–Trinajstić information content (AvgIpc) is 3.52. The highest BCUT2D eigenvalue weighted by Gasteiger charge is 2.32. The van der Waals surface area contributed by atoms with Crippen LogP contribution in [0, 0.1) is 5.41 Å². The van der Waals surface area contributed by atoms with Crippen LogP contribution >= 0.6 is 11.7 Å². The molecule has 2 aromatic carbocycles. The number of benzene rings is 2. The van der Waals surface area contributed by atoms with Gasteiger partial charge in [-0.05, 0) is 35.2 Å². The zero-order chi connectivity index (χ0) is 26.2. The van der Waals surface area contributed by atoms with E-state index in [0.717, 1.165) is 17.3 Å². The van der Waals surface area contributed by atoms with Gasteiger partial charge in [-0.3, -0.25) is 0 Å². The van der Waals surface area contributed by atoms with Crippen LogP contribution in [0.1, 0.15) is 32.4 Å². The number of sulfonamides is 1. The van der Waals surface area contributed by atoms with E-state index in [9.17, 15) is 13.5 Å². The van der Waals surface area contributed by atoms with Gasteiger partial charge in [0.1, 0.15) is 4.90 Å². The summed E-state index contributed by atoms with van der Waals surface area (Å²) in [6.45, 7) is 7.61. The highest BCUT2D eigenvalue weighted by atomic mass is 32.2. The van der Waals surface area contributed by atoms with Crippen molar-refractivity contribution >= 4 is 39.1 Å². The van der Waals surface area contributed by atoms with Crippen molar-refractivity contribution in [3.63, 3.8) is 0 Å². The SMILES string of the molecule is CC(C)(C)[C@@H](Nc1nsnc1Nc1cccc(S(=O)(=O)N2CCOCC2)c1O)c1ccc2c(c1)OCO2. The number of nitrogens with zero attached hydrogens (tertiary/aromatic N) is 3. The maximum atomic E-state index is 13.1. The largest absolute Gasteiger partial charge is 0.504 e. The fraction of sp³-hybridized carbons (Fsp3) is 0.417. The van der Waals surface area contributed by atoms with Crippen molar-refractivity contribution in [1.29, 1.82) is 0 Å². The lowest BCUT2D eigenvalue weighted by molar-refractivity contribution is 0.0729. The quantitative estimate of drug-likeness (QED) is 0.373. The Hall–Kier alpha value is -3.13. The zero-order valence-electron chi connectivity index (χ0n) is 20.7. The number of rotatable bonds is 7. The number of hydrogen-bond acceptors (Lipinski definition) is 11. The van der Waals surface area contributed by atoms with Gasteiger partial charge in [-0.1, -0.05) is 32.9 Å². The first kappa shape index (κ1) is 25.5. The Morgan fingerprint density at radius 1 is 1.05 bits per heavy atom. The second-order valence-electron chi connectivity index (χ2n) is 9.81. The van der Waals surface area contributed by atoms with E-state index in [2.05, 4.69) is 40.2 Å². The Balaban J connectivity index is 1.41. The average molecular weight is 548 g/mol. The molecule has 0 saturated carbocycles. The number of aromatic nitrogens is 2. The molecule has 3 N–H and O–H groups in total. The molecule has 0 bridgehead atoms. The standard InChI is InChI=1S/C24H29N5O6S2/c1-24(2,3)21(15-7-8-17-18(13-15)35-14-34-17)26-23-22(27-36-28-23)25-16-5-4-6-19(20(16)30)37(31,32)29-9-11-33-12-10-29/h4-8,13,21,30H,9-12,14H2,1-3H3,(H,25,27)(H,26,28)/t21-/m0/s1. The number of para-hydroxylation sites is 1. The topological polar surface area (TPSA) is 135 Å². The second-order valence-corrected chi connectivity index (χ2v) is 12.2. The number of ether oxygens (including phenoxy) is 3. The van der Waals surface area contributed by atoms with E-state index in [-0.39, 0.29) is 47.7 Å². The summed E-state index contributed by atoms with van der Waals surface area (Å²) in [6.07, 6.45) is 0. The molecule has 0 aliphatic carbocycles. The van der Waals surface area contributed by atoms with Gasteiger partial charge in [0.25, 0.3) is 0 Å². The molecule has 1 saturated heterocycles. The Morgan fingerprint density at radius 2 is 1.78 bits per heavy atom. The van der Waals surface area contributed by atoms with Gasteiger partial charge >= 0.3 is 0 Å². The monoisotopic (exact) mass is 547 g/mol. The van der Waals surface area contributed by atoms with Crippen LogP contribution in [0.5, 0.6) is 17.2 Å². The minimum absolute atomic E-state index is 0.173. The van der Waals surface area contributed by atoms with E-state index >= 15 is 0 Å². The summed E-state index contributed by atoms with van der Waals surface area (Å²) in [5.41, 5.74) is 0.973. The van der Waals surface area contributed by atoms with E-state index in [1.807, 2.05) is 18.2 Å². The van der Waals surface area contributed by atoms with Gasteiger partial charge in [0.05, 0.1) is 36.7 Å². The van der Waals surface area contributed by atoms with E-state index < -0.39 is 10.0 Å². The van der Waals surface area contributed by atoms with Crippen LogP contribution in [0.25, 0.3) is 0 Å². The van der Waals surface area contributed by atoms with Crippen molar-refractivity contribution in [3.05, 3.63) is 42.0 Å². The molecule has 0 amide bonds. The third-order valence-electron chi connectivity index (χ3n) is 6.21. The molecule has 3 aromatic rings. The summed E-state index contributed by atoms with van der Waals surface area (Å²) in [4.78, 5) is -0.176. The van der Waals surface area contributed by atoms with Gasteiger partial charge in [-0.25, -0.2) is 8.42 Å². The summed E-state index contributed by atoms with van der Waals surface area (Å²) in [7, 11) is -3.89. The normalized spacial score (nSPS) is 16.9. The van der Waals surface area contributed by atoms with Gasteiger partial charge < -0.3 is 30.0 Å². The van der Waals surface area contributed by atoms with E-state index in [0.29, 0.717) is 36.3 Å². The van der Waals surface area contributed by atoms with Crippen LogP contribution in [0.15, 0.2) is 41.3 Å². The van der Waals surface area contributed by atoms with E-state index in [1.165, 1.54) is 10.4 Å². The number of anilines is 3. The first-order valence-electron chi connectivity index (χ1n) is 11.8.